The van der Waals surface area contributed by atoms with Crippen LogP contribution in [0.2, 0.25) is 0 Å². The van der Waals surface area contributed by atoms with E-state index in [4.69, 9.17) is 9.02 Å². The van der Waals surface area contributed by atoms with Crippen LogP contribution in [0.15, 0.2) is 36.7 Å². The molecule has 0 saturated carbocycles. The van der Waals surface area contributed by atoms with Gasteiger partial charge in [-0.2, -0.15) is 0 Å². The van der Waals surface area contributed by atoms with Gasteiger partial charge in [0.05, 0.1) is 23.0 Å². The number of halogens is 1. The van der Waals surface area contributed by atoms with Gasteiger partial charge in [-0.1, -0.05) is 47.6 Å². The third kappa shape index (κ3) is 7.03. The Bertz CT molecular complexity index is 1220. The van der Waals surface area contributed by atoms with E-state index in [9.17, 15) is 9.18 Å². The van der Waals surface area contributed by atoms with Crippen molar-refractivity contribution in [3.63, 3.8) is 0 Å². The zero-order chi connectivity index (χ0) is 28.0. The number of hydrogen-bond donors (Lipinski definition) is 2. The van der Waals surface area contributed by atoms with Crippen LogP contribution < -0.4 is 10.8 Å². The monoisotopic (exact) mass is 538 g/mol. The fraction of sp³-hybridized carbons (Fsp3) is 0.500. The molecule has 1 unspecified atom stereocenters. The number of anilines is 2. The normalized spacial score (nSPS) is 14.8. The molecule has 0 saturated heterocycles. The van der Waals surface area contributed by atoms with Crippen LogP contribution >= 0.6 is 10.3 Å². The van der Waals surface area contributed by atoms with E-state index in [1.54, 1.807) is 36.1 Å². The lowest BCUT2D eigenvalue weighted by Gasteiger charge is -2.47. The van der Waals surface area contributed by atoms with E-state index in [1.807, 2.05) is 33.8 Å². The SMILES string of the molecule is CC.CCS(C)(O[C@@H](C)CONC(=O)c1c(Nc2ccc(C)cc2F)c2cnccc2n1C)C(C)(C)C.[HH].[HH]. The molecule has 1 aromatic carbocycles. The van der Waals surface area contributed by atoms with Gasteiger partial charge in [0.1, 0.15) is 18.1 Å². The van der Waals surface area contributed by atoms with Gasteiger partial charge in [0.15, 0.2) is 0 Å². The Hall–Kier alpha value is -2.62. The lowest BCUT2D eigenvalue weighted by molar-refractivity contribution is 0.00206. The number of nitrogens with one attached hydrogen (secondary N) is 2. The van der Waals surface area contributed by atoms with Crippen molar-refractivity contribution >= 4 is 38.5 Å². The Balaban J connectivity index is 0.00000353. The lowest BCUT2D eigenvalue weighted by Crippen LogP contribution is -2.34. The third-order valence-corrected chi connectivity index (χ3v) is 10.8. The second-order valence-corrected chi connectivity index (χ2v) is 13.8. The van der Waals surface area contributed by atoms with Crippen LogP contribution in [0.1, 0.15) is 67.4 Å². The van der Waals surface area contributed by atoms with E-state index < -0.39 is 22.0 Å². The summed E-state index contributed by atoms with van der Waals surface area (Å²) in [6, 6.07) is 6.71. The minimum absolute atomic E-state index is 0. The Labute approximate surface area is 225 Å². The summed E-state index contributed by atoms with van der Waals surface area (Å²) in [5, 5.41) is 3.79. The van der Waals surface area contributed by atoms with Crippen LogP contribution in [0.25, 0.3) is 10.9 Å². The van der Waals surface area contributed by atoms with Crippen molar-refractivity contribution in [1.29, 1.82) is 0 Å². The number of nitrogens with zero attached hydrogens (tertiary/aromatic N) is 2. The number of aryl methyl sites for hydroxylation is 2. The number of hydrogen-bond acceptors (Lipinski definition) is 5. The molecule has 37 heavy (non-hydrogen) atoms. The van der Waals surface area contributed by atoms with Crippen molar-refractivity contribution in [2.45, 2.75) is 66.2 Å². The molecule has 2 atom stereocenters. The smallest absolute Gasteiger partial charge is 0.293 e. The standard InChI is InChI=1S/C26H37FN4O3S.C2H6.2H2/c1-9-35(8,26(4,5)6)34-18(3)16-33-30-25(32)24-23(19-15-28-13-12-22(19)31(24)7)29-21-11-10-17(2)14-20(21)27;1-2;;/h10-15,18,29H,9,16H2,1-8H3,(H,30,32);1-2H3;2*1H/t18-;;;/m0.../s1. The maximum atomic E-state index is 14.6. The second-order valence-electron chi connectivity index (χ2n) is 9.84. The van der Waals surface area contributed by atoms with Crippen LogP contribution in [0.5, 0.6) is 0 Å². The Morgan fingerprint density at radius 1 is 1.27 bits per heavy atom. The molecule has 7 nitrogen and oxygen atoms in total. The highest BCUT2D eigenvalue weighted by atomic mass is 32.3. The van der Waals surface area contributed by atoms with Gasteiger partial charge >= 0.3 is 0 Å². The van der Waals surface area contributed by atoms with Crippen LogP contribution in [0.4, 0.5) is 15.8 Å². The molecule has 0 aliphatic carbocycles. The first kappa shape index (κ1) is 30.6. The van der Waals surface area contributed by atoms with Crippen LogP contribution in [-0.4, -0.2) is 44.9 Å². The topological polar surface area (TPSA) is 77.4 Å². The summed E-state index contributed by atoms with van der Waals surface area (Å²) in [5.41, 5.74) is 5.16. The van der Waals surface area contributed by atoms with Gasteiger partial charge in [0.25, 0.3) is 5.91 Å². The summed E-state index contributed by atoms with van der Waals surface area (Å²) in [7, 11) is 0.460. The molecule has 0 spiro atoms. The fourth-order valence-electron chi connectivity index (χ4n) is 3.85. The van der Waals surface area contributed by atoms with Crippen molar-refractivity contribution in [3.05, 3.63) is 53.7 Å². The molecular formula is C28H47FN4O3S. The molecule has 0 fully saturated rings. The van der Waals surface area contributed by atoms with Gasteiger partial charge in [-0.15, -0.1) is 10.3 Å². The third-order valence-electron chi connectivity index (χ3n) is 6.31. The molecule has 210 valence electrons. The summed E-state index contributed by atoms with van der Waals surface area (Å²) in [4.78, 5) is 23.0. The van der Waals surface area contributed by atoms with E-state index in [0.29, 0.717) is 16.8 Å². The number of pyridine rings is 1. The number of carbonyl (C=O) groups is 1. The van der Waals surface area contributed by atoms with Crippen molar-refractivity contribution in [1.82, 2.24) is 15.0 Å². The van der Waals surface area contributed by atoms with Gasteiger partial charge in [-0.3, -0.25) is 14.6 Å². The highest BCUT2D eigenvalue weighted by Gasteiger charge is 2.33. The molecule has 9 heteroatoms. The van der Waals surface area contributed by atoms with Crippen molar-refractivity contribution in [2.24, 2.45) is 7.05 Å². The number of hydroxylamine groups is 1. The summed E-state index contributed by atoms with van der Waals surface area (Å²) < 4.78 is 22.7. The average molecular weight is 539 g/mol. The highest BCUT2D eigenvalue weighted by molar-refractivity contribution is 8.30. The first-order chi connectivity index (χ1) is 17.4. The molecule has 2 heterocycles. The van der Waals surface area contributed by atoms with Gasteiger partial charge in [0, 0.05) is 32.4 Å². The predicted molar refractivity (Wildman–Crippen MR) is 158 cm³/mol. The number of amides is 1. The lowest BCUT2D eigenvalue weighted by atomic mass is 10.2. The molecule has 0 aliphatic rings. The average Bonchev–Trinajstić information content (AvgIpc) is 3.12. The molecule has 0 bridgehead atoms. The highest BCUT2D eigenvalue weighted by Crippen LogP contribution is 2.57. The Morgan fingerprint density at radius 2 is 1.95 bits per heavy atom. The molecule has 3 aromatic rings. The Kier molecular flexibility index (Phi) is 10.6. The quantitative estimate of drug-likeness (QED) is 0.276. The Morgan fingerprint density at radius 3 is 2.54 bits per heavy atom. The van der Waals surface area contributed by atoms with Gasteiger partial charge in [-0.05, 0) is 49.6 Å². The van der Waals surface area contributed by atoms with E-state index in [2.05, 4.69) is 49.7 Å². The minimum atomic E-state index is -1.32. The molecule has 2 aromatic heterocycles. The molecular weight excluding hydrogens is 491 g/mol. The van der Waals surface area contributed by atoms with Crippen molar-refractivity contribution in [2.75, 3.05) is 23.9 Å². The van der Waals surface area contributed by atoms with Crippen LogP contribution in [0.3, 0.4) is 0 Å². The zero-order valence-corrected chi connectivity index (χ0v) is 24.7. The van der Waals surface area contributed by atoms with E-state index in [-0.39, 0.29) is 26.0 Å². The van der Waals surface area contributed by atoms with Gasteiger partial charge < -0.3 is 14.1 Å². The molecule has 1 amide bonds. The second kappa shape index (κ2) is 12.8. The summed E-state index contributed by atoms with van der Waals surface area (Å²) in [6.07, 6.45) is 5.27. The number of benzene rings is 1. The molecule has 2 N–H and O–H groups in total. The zero-order valence-electron chi connectivity index (χ0n) is 23.9. The summed E-state index contributed by atoms with van der Waals surface area (Å²) >= 11 is 0. The number of rotatable bonds is 9. The van der Waals surface area contributed by atoms with Crippen LogP contribution in [-0.2, 0) is 16.1 Å². The van der Waals surface area contributed by atoms with E-state index >= 15 is 0 Å². The fourth-order valence-corrected chi connectivity index (χ4v) is 5.92. The summed E-state index contributed by atoms with van der Waals surface area (Å²) in [6.45, 7) is 16.6. The van der Waals surface area contributed by atoms with E-state index in [1.165, 1.54) is 6.07 Å². The van der Waals surface area contributed by atoms with E-state index in [0.717, 1.165) is 16.8 Å². The number of carbonyl (C=O) groups excluding carboxylic acids is 1. The van der Waals surface area contributed by atoms with Crippen LogP contribution in [0, 0.1) is 12.7 Å². The summed E-state index contributed by atoms with van der Waals surface area (Å²) in [5.74, 6) is 0.0778. The van der Waals surface area contributed by atoms with Gasteiger partial charge in [0.2, 0.25) is 0 Å². The van der Waals surface area contributed by atoms with Crippen molar-refractivity contribution in [3.8, 4) is 0 Å². The molecule has 3 rings (SSSR count). The van der Waals surface area contributed by atoms with Crippen molar-refractivity contribution < 1.29 is 21.1 Å². The minimum Gasteiger partial charge on any atom is -0.351 e. The maximum absolute atomic E-state index is 14.6. The number of aromatic nitrogens is 2. The molecule has 0 aliphatic heterocycles. The first-order valence-corrected chi connectivity index (χ1v) is 14.8. The first-order valence-electron chi connectivity index (χ1n) is 12.7. The number of fused-ring (bicyclic) bond motifs is 1. The molecule has 0 radical (unpaired) electrons. The maximum Gasteiger partial charge on any atom is 0.293 e. The largest absolute Gasteiger partial charge is 0.351 e. The predicted octanol–water partition coefficient (Wildman–Crippen LogP) is 7.52. The van der Waals surface area contributed by atoms with Gasteiger partial charge in [-0.25, -0.2) is 9.87 Å².